The molecular weight excluding hydrogens is 286 g/mol. The average molecular weight is 301 g/mol. The first-order valence-corrected chi connectivity index (χ1v) is 7.33. The van der Waals surface area contributed by atoms with Gasteiger partial charge in [0.25, 0.3) is 0 Å². The lowest BCUT2D eigenvalue weighted by Crippen LogP contribution is -2.40. The zero-order valence-electron chi connectivity index (χ0n) is 10.5. The quantitative estimate of drug-likeness (QED) is 0.649. The van der Waals surface area contributed by atoms with Crippen molar-refractivity contribution in [3.63, 3.8) is 0 Å². The van der Waals surface area contributed by atoms with Crippen LogP contribution in [0.2, 0.25) is 0 Å². The molecule has 1 rings (SSSR count). The maximum atomic E-state index is 12.0. The third kappa shape index (κ3) is 4.98. The number of hydrogen-bond acceptors (Lipinski definition) is 4. The SMILES string of the molecule is O=C(O)CCC[C@@H](NS(=O)(=O)c1ccccc1)C(=O)O. The fraction of sp³-hybridized carbons (Fsp3) is 0.333. The molecule has 0 amide bonds. The third-order valence-electron chi connectivity index (χ3n) is 2.53. The Morgan fingerprint density at radius 2 is 1.75 bits per heavy atom. The molecule has 0 unspecified atom stereocenters. The molecule has 20 heavy (non-hydrogen) atoms. The van der Waals surface area contributed by atoms with Crippen molar-refractivity contribution in [2.24, 2.45) is 0 Å². The molecule has 0 heterocycles. The Kier molecular flexibility index (Phi) is 5.66. The van der Waals surface area contributed by atoms with E-state index in [2.05, 4.69) is 4.72 Å². The minimum atomic E-state index is -3.93. The standard InChI is InChI=1S/C12H15NO6S/c14-11(15)8-4-7-10(12(16)17)13-20(18,19)9-5-2-1-3-6-9/h1-3,5-6,10,13H,4,7-8H2,(H,14,15)(H,16,17)/t10-/m1/s1. The first kappa shape index (κ1) is 16.1. The molecule has 0 saturated heterocycles. The molecular formula is C12H15NO6S. The van der Waals surface area contributed by atoms with Crippen LogP contribution in [0.4, 0.5) is 0 Å². The van der Waals surface area contributed by atoms with Gasteiger partial charge < -0.3 is 10.2 Å². The molecule has 0 bridgehead atoms. The molecule has 3 N–H and O–H groups in total. The molecule has 0 radical (unpaired) electrons. The van der Waals surface area contributed by atoms with Crippen molar-refractivity contribution in [1.82, 2.24) is 4.72 Å². The summed E-state index contributed by atoms with van der Waals surface area (Å²) in [5.41, 5.74) is 0. The normalized spacial score (nSPS) is 12.8. The number of nitrogens with one attached hydrogen (secondary N) is 1. The minimum absolute atomic E-state index is 0.0375. The van der Waals surface area contributed by atoms with Crippen LogP contribution in [0.15, 0.2) is 35.2 Å². The van der Waals surface area contributed by atoms with Crippen LogP contribution in [0.3, 0.4) is 0 Å². The second kappa shape index (κ2) is 7.01. The molecule has 1 aromatic rings. The van der Waals surface area contributed by atoms with E-state index in [0.717, 1.165) is 0 Å². The molecule has 0 aliphatic heterocycles. The van der Waals surface area contributed by atoms with E-state index in [1.165, 1.54) is 24.3 Å². The fourth-order valence-electron chi connectivity index (χ4n) is 1.55. The van der Waals surface area contributed by atoms with Gasteiger partial charge in [-0.05, 0) is 25.0 Å². The van der Waals surface area contributed by atoms with Gasteiger partial charge in [0.2, 0.25) is 10.0 Å². The van der Waals surface area contributed by atoms with Crippen molar-refractivity contribution in [2.75, 3.05) is 0 Å². The Morgan fingerprint density at radius 1 is 1.15 bits per heavy atom. The first-order chi connectivity index (χ1) is 9.33. The lowest BCUT2D eigenvalue weighted by atomic mass is 10.1. The number of hydrogen-bond donors (Lipinski definition) is 3. The molecule has 7 nitrogen and oxygen atoms in total. The van der Waals surface area contributed by atoms with Gasteiger partial charge in [0.15, 0.2) is 0 Å². The molecule has 0 aromatic heterocycles. The number of carboxylic acid groups (broad SMARTS) is 2. The highest BCUT2D eigenvalue weighted by Crippen LogP contribution is 2.10. The van der Waals surface area contributed by atoms with Crippen molar-refractivity contribution >= 4 is 22.0 Å². The molecule has 0 fully saturated rings. The first-order valence-electron chi connectivity index (χ1n) is 5.85. The van der Waals surface area contributed by atoms with Crippen molar-refractivity contribution < 1.29 is 28.2 Å². The van der Waals surface area contributed by atoms with Gasteiger partial charge in [0, 0.05) is 6.42 Å². The molecule has 0 aliphatic carbocycles. The number of sulfonamides is 1. The van der Waals surface area contributed by atoms with Gasteiger partial charge in [-0.2, -0.15) is 4.72 Å². The van der Waals surface area contributed by atoms with E-state index in [4.69, 9.17) is 10.2 Å². The molecule has 1 atom stereocenters. The summed E-state index contributed by atoms with van der Waals surface area (Å²) in [5, 5.41) is 17.5. The molecule has 0 saturated carbocycles. The van der Waals surface area contributed by atoms with Gasteiger partial charge in [-0.1, -0.05) is 18.2 Å². The maximum absolute atomic E-state index is 12.0. The number of carbonyl (C=O) groups is 2. The molecule has 0 aliphatic rings. The molecule has 8 heteroatoms. The Bertz CT molecular complexity index is 569. The van der Waals surface area contributed by atoms with Crippen LogP contribution in [-0.4, -0.2) is 36.6 Å². The van der Waals surface area contributed by atoms with Crippen LogP contribution in [-0.2, 0) is 19.6 Å². The van der Waals surface area contributed by atoms with Crippen molar-refractivity contribution in [3.8, 4) is 0 Å². The van der Waals surface area contributed by atoms with Crippen LogP contribution in [0.25, 0.3) is 0 Å². The number of carboxylic acids is 2. The Labute approximate surface area is 116 Å². The molecule has 1 aromatic carbocycles. The number of aliphatic carboxylic acids is 2. The minimum Gasteiger partial charge on any atom is -0.481 e. The Balaban J connectivity index is 2.75. The van der Waals surface area contributed by atoms with E-state index in [0.29, 0.717) is 0 Å². The van der Waals surface area contributed by atoms with Crippen molar-refractivity contribution in [2.45, 2.75) is 30.2 Å². The van der Waals surface area contributed by atoms with E-state index in [-0.39, 0.29) is 24.2 Å². The summed E-state index contributed by atoms with van der Waals surface area (Å²) >= 11 is 0. The lowest BCUT2D eigenvalue weighted by Gasteiger charge is -2.14. The summed E-state index contributed by atoms with van der Waals surface area (Å²) in [4.78, 5) is 21.3. The number of rotatable bonds is 8. The van der Waals surface area contributed by atoms with E-state index in [9.17, 15) is 18.0 Å². The average Bonchev–Trinajstić information content (AvgIpc) is 2.38. The Morgan fingerprint density at radius 3 is 2.25 bits per heavy atom. The second-order valence-electron chi connectivity index (χ2n) is 4.11. The summed E-state index contributed by atoms with van der Waals surface area (Å²) in [6, 6.07) is 6.03. The van der Waals surface area contributed by atoms with Gasteiger partial charge in [-0.25, -0.2) is 8.42 Å². The predicted molar refractivity (Wildman–Crippen MR) is 69.7 cm³/mol. The van der Waals surface area contributed by atoms with Gasteiger partial charge in [-0.15, -0.1) is 0 Å². The topological polar surface area (TPSA) is 121 Å². The van der Waals surface area contributed by atoms with Gasteiger partial charge in [0.05, 0.1) is 4.90 Å². The van der Waals surface area contributed by atoms with Gasteiger partial charge in [0.1, 0.15) is 6.04 Å². The maximum Gasteiger partial charge on any atom is 0.321 e. The second-order valence-corrected chi connectivity index (χ2v) is 5.83. The van der Waals surface area contributed by atoms with E-state index in [1.807, 2.05) is 0 Å². The zero-order valence-corrected chi connectivity index (χ0v) is 11.3. The monoisotopic (exact) mass is 301 g/mol. The van der Waals surface area contributed by atoms with Crippen LogP contribution >= 0.6 is 0 Å². The highest BCUT2D eigenvalue weighted by molar-refractivity contribution is 7.89. The summed E-state index contributed by atoms with van der Waals surface area (Å²) in [6.45, 7) is 0. The van der Waals surface area contributed by atoms with E-state index in [1.54, 1.807) is 6.07 Å². The van der Waals surface area contributed by atoms with Crippen LogP contribution in [0.5, 0.6) is 0 Å². The highest BCUT2D eigenvalue weighted by atomic mass is 32.2. The summed E-state index contributed by atoms with van der Waals surface area (Å²) in [6.07, 6.45) is -0.228. The molecule has 110 valence electrons. The van der Waals surface area contributed by atoms with Crippen molar-refractivity contribution in [3.05, 3.63) is 30.3 Å². The summed E-state index contributed by atoms with van der Waals surface area (Å²) < 4.78 is 26.0. The highest BCUT2D eigenvalue weighted by Gasteiger charge is 2.25. The van der Waals surface area contributed by atoms with Crippen LogP contribution < -0.4 is 4.72 Å². The largest absolute Gasteiger partial charge is 0.481 e. The zero-order chi connectivity index (χ0) is 15.2. The van der Waals surface area contributed by atoms with E-state index >= 15 is 0 Å². The lowest BCUT2D eigenvalue weighted by molar-refractivity contribution is -0.140. The van der Waals surface area contributed by atoms with Crippen LogP contribution in [0.1, 0.15) is 19.3 Å². The van der Waals surface area contributed by atoms with Gasteiger partial charge in [-0.3, -0.25) is 9.59 Å². The summed E-state index contributed by atoms with van der Waals surface area (Å²) in [7, 11) is -3.93. The Hall–Kier alpha value is -1.93. The van der Waals surface area contributed by atoms with E-state index < -0.39 is 28.0 Å². The van der Waals surface area contributed by atoms with Gasteiger partial charge >= 0.3 is 11.9 Å². The fourth-order valence-corrected chi connectivity index (χ4v) is 2.79. The van der Waals surface area contributed by atoms with Crippen LogP contribution in [0, 0.1) is 0 Å². The molecule has 0 spiro atoms. The predicted octanol–water partition coefficient (Wildman–Crippen LogP) is 0.673. The smallest absolute Gasteiger partial charge is 0.321 e. The summed E-state index contributed by atoms with van der Waals surface area (Å²) in [5.74, 6) is -2.39. The van der Waals surface area contributed by atoms with Crippen molar-refractivity contribution in [1.29, 1.82) is 0 Å². The third-order valence-corrected chi connectivity index (χ3v) is 4.02. The number of benzene rings is 1.